The summed E-state index contributed by atoms with van der Waals surface area (Å²) in [5, 5.41) is 3.49. The summed E-state index contributed by atoms with van der Waals surface area (Å²) in [5.41, 5.74) is 0. The standard InChI is InChI=1S/C11H26N2/c1-6-13(5)8-7-12-9-11(4)10(2)3/h10-12H,6-9H2,1-5H3. The van der Waals surface area contributed by atoms with Gasteiger partial charge in [-0.2, -0.15) is 0 Å². The molecular formula is C11H26N2. The Morgan fingerprint density at radius 3 is 2.31 bits per heavy atom. The van der Waals surface area contributed by atoms with E-state index < -0.39 is 0 Å². The van der Waals surface area contributed by atoms with Crippen molar-refractivity contribution >= 4 is 0 Å². The highest BCUT2D eigenvalue weighted by molar-refractivity contribution is 4.61. The summed E-state index contributed by atoms with van der Waals surface area (Å²) in [6.07, 6.45) is 0. The second-order valence-corrected chi connectivity index (χ2v) is 4.32. The predicted octanol–water partition coefficient (Wildman–Crippen LogP) is 1.82. The van der Waals surface area contributed by atoms with Crippen LogP contribution in [0.5, 0.6) is 0 Å². The van der Waals surface area contributed by atoms with Gasteiger partial charge in [0, 0.05) is 13.1 Å². The highest BCUT2D eigenvalue weighted by atomic mass is 15.1. The quantitative estimate of drug-likeness (QED) is 0.610. The Morgan fingerprint density at radius 2 is 1.85 bits per heavy atom. The maximum Gasteiger partial charge on any atom is 0.0104 e. The Kier molecular flexibility index (Phi) is 7.29. The van der Waals surface area contributed by atoms with Gasteiger partial charge in [0.25, 0.3) is 0 Å². The highest BCUT2D eigenvalue weighted by Gasteiger charge is 2.05. The minimum Gasteiger partial charge on any atom is -0.315 e. The topological polar surface area (TPSA) is 15.3 Å². The molecule has 0 spiro atoms. The van der Waals surface area contributed by atoms with Gasteiger partial charge in [-0.25, -0.2) is 0 Å². The van der Waals surface area contributed by atoms with E-state index in [1.807, 2.05) is 0 Å². The van der Waals surface area contributed by atoms with E-state index in [4.69, 9.17) is 0 Å². The predicted molar refractivity (Wildman–Crippen MR) is 60.0 cm³/mol. The number of rotatable bonds is 7. The van der Waals surface area contributed by atoms with Crippen molar-refractivity contribution in [2.75, 3.05) is 33.2 Å². The summed E-state index contributed by atoms with van der Waals surface area (Å²) in [6, 6.07) is 0. The molecule has 80 valence electrons. The lowest BCUT2D eigenvalue weighted by molar-refractivity contribution is 0.332. The first kappa shape index (κ1) is 12.9. The fourth-order valence-electron chi connectivity index (χ4n) is 0.993. The molecule has 0 aromatic carbocycles. The molecule has 0 saturated carbocycles. The van der Waals surface area contributed by atoms with E-state index in [0.717, 1.165) is 38.0 Å². The number of likely N-dealkylation sites (N-methyl/N-ethyl adjacent to an activating group) is 1. The van der Waals surface area contributed by atoms with Crippen LogP contribution >= 0.6 is 0 Å². The van der Waals surface area contributed by atoms with Gasteiger partial charge in [-0.05, 0) is 32.0 Å². The summed E-state index contributed by atoms with van der Waals surface area (Å²) in [7, 11) is 2.16. The second kappa shape index (κ2) is 7.34. The number of nitrogens with zero attached hydrogens (tertiary/aromatic N) is 1. The van der Waals surface area contributed by atoms with Crippen LogP contribution in [0.3, 0.4) is 0 Å². The number of hydrogen-bond donors (Lipinski definition) is 1. The summed E-state index contributed by atoms with van der Waals surface area (Å²) in [4.78, 5) is 2.33. The maximum absolute atomic E-state index is 3.49. The Hall–Kier alpha value is -0.0800. The molecule has 0 rings (SSSR count). The first-order valence-electron chi connectivity index (χ1n) is 5.47. The lowest BCUT2D eigenvalue weighted by Gasteiger charge is -2.18. The van der Waals surface area contributed by atoms with Gasteiger partial charge in [-0.15, -0.1) is 0 Å². The molecule has 2 heteroatoms. The van der Waals surface area contributed by atoms with Crippen molar-refractivity contribution in [2.24, 2.45) is 11.8 Å². The fraction of sp³-hybridized carbons (Fsp3) is 1.00. The SMILES string of the molecule is CCN(C)CCNCC(C)C(C)C. The van der Waals surface area contributed by atoms with E-state index in [9.17, 15) is 0 Å². The van der Waals surface area contributed by atoms with Gasteiger partial charge in [-0.1, -0.05) is 27.7 Å². The van der Waals surface area contributed by atoms with Gasteiger partial charge >= 0.3 is 0 Å². The monoisotopic (exact) mass is 186 g/mol. The molecule has 0 aliphatic carbocycles. The molecule has 0 aromatic heterocycles. The van der Waals surface area contributed by atoms with E-state index in [1.165, 1.54) is 0 Å². The van der Waals surface area contributed by atoms with E-state index in [2.05, 4.69) is 45.0 Å². The van der Waals surface area contributed by atoms with Crippen molar-refractivity contribution in [1.82, 2.24) is 10.2 Å². The van der Waals surface area contributed by atoms with Crippen LogP contribution in [0.4, 0.5) is 0 Å². The minimum absolute atomic E-state index is 0.784. The Morgan fingerprint density at radius 1 is 1.23 bits per heavy atom. The van der Waals surface area contributed by atoms with Crippen molar-refractivity contribution in [3.63, 3.8) is 0 Å². The lowest BCUT2D eigenvalue weighted by atomic mass is 9.98. The zero-order valence-corrected chi connectivity index (χ0v) is 9.93. The molecule has 0 radical (unpaired) electrons. The molecule has 0 saturated heterocycles. The van der Waals surface area contributed by atoms with Crippen LogP contribution in [-0.2, 0) is 0 Å². The molecule has 0 aliphatic heterocycles. The molecule has 1 unspecified atom stereocenters. The first-order valence-corrected chi connectivity index (χ1v) is 5.47. The lowest BCUT2D eigenvalue weighted by Crippen LogP contribution is -2.32. The largest absolute Gasteiger partial charge is 0.315 e. The van der Waals surface area contributed by atoms with E-state index in [0.29, 0.717) is 0 Å². The normalized spacial score (nSPS) is 14.1. The van der Waals surface area contributed by atoms with Crippen molar-refractivity contribution in [2.45, 2.75) is 27.7 Å². The summed E-state index contributed by atoms with van der Waals surface area (Å²) in [6.45, 7) is 13.6. The fourth-order valence-corrected chi connectivity index (χ4v) is 0.993. The van der Waals surface area contributed by atoms with Crippen LogP contribution in [0.25, 0.3) is 0 Å². The minimum atomic E-state index is 0.784. The number of nitrogens with one attached hydrogen (secondary N) is 1. The van der Waals surface area contributed by atoms with Gasteiger partial charge < -0.3 is 10.2 Å². The molecule has 0 aliphatic rings. The summed E-state index contributed by atoms with van der Waals surface area (Å²) < 4.78 is 0. The molecule has 1 N–H and O–H groups in total. The van der Waals surface area contributed by atoms with E-state index in [1.54, 1.807) is 0 Å². The molecule has 1 atom stereocenters. The third-order valence-electron chi connectivity index (χ3n) is 2.81. The first-order chi connectivity index (χ1) is 6.07. The van der Waals surface area contributed by atoms with Gasteiger partial charge in [0.05, 0.1) is 0 Å². The molecule has 13 heavy (non-hydrogen) atoms. The van der Waals surface area contributed by atoms with E-state index in [-0.39, 0.29) is 0 Å². The third-order valence-corrected chi connectivity index (χ3v) is 2.81. The average Bonchev–Trinajstić information content (AvgIpc) is 2.11. The van der Waals surface area contributed by atoms with Gasteiger partial charge in [0.2, 0.25) is 0 Å². The number of hydrogen-bond acceptors (Lipinski definition) is 2. The van der Waals surface area contributed by atoms with Crippen LogP contribution < -0.4 is 5.32 Å². The van der Waals surface area contributed by atoms with E-state index >= 15 is 0 Å². The van der Waals surface area contributed by atoms with Crippen LogP contribution in [0, 0.1) is 11.8 Å². The summed E-state index contributed by atoms with van der Waals surface area (Å²) >= 11 is 0. The smallest absolute Gasteiger partial charge is 0.0104 e. The third kappa shape index (κ3) is 7.03. The molecule has 0 amide bonds. The molecule has 0 aromatic rings. The zero-order valence-electron chi connectivity index (χ0n) is 9.93. The van der Waals surface area contributed by atoms with Gasteiger partial charge in [0.15, 0.2) is 0 Å². The van der Waals surface area contributed by atoms with Crippen LogP contribution in [0.2, 0.25) is 0 Å². The average molecular weight is 186 g/mol. The molecular weight excluding hydrogens is 160 g/mol. The van der Waals surface area contributed by atoms with Gasteiger partial charge in [-0.3, -0.25) is 0 Å². The Balaban J connectivity index is 3.25. The Labute approximate surface area is 83.7 Å². The van der Waals surface area contributed by atoms with Gasteiger partial charge in [0.1, 0.15) is 0 Å². The van der Waals surface area contributed by atoms with Crippen LogP contribution in [-0.4, -0.2) is 38.1 Å². The van der Waals surface area contributed by atoms with Crippen molar-refractivity contribution < 1.29 is 0 Å². The van der Waals surface area contributed by atoms with Crippen molar-refractivity contribution in [3.05, 3.63) is 0 Å². The molecule has 0 bridgehead atoms. The van der Waals surface area contributed by atoms with Crippen LogP contribution in [0.15, 0.2) is 0 Å². The zero-order chi connectivity index (χ0) is 10.3. The molecule has 0 heterocycles. The summed E-state index contributed by atoms with van der Waals surface area (Å²) in [5.74, 6) is 1.57. The van der Waals surface area contributed by atoms with Crippen molar-refractivity contribution in [3.8, 4) is 0 Å². The van der Waals surface area contributed by atoms with Crippen molar-refractivity contribution in [1.29, 1.82) is 0 Å². The Bertz CT molecular complexity index is 113. The molecule has 2 nitrogen and oxygen atoms in total. The molecule has 0 fully saturated rings. The maximum atomic E-state index is 3.49. The highest BCUT2D eigenvalue weighted by Crippen LogP contribution is 2.06. The second-order valence-electron chi connectivity index (χ2n) is 4.32. The van der Waals surface area contributed by atoms with Crippen LogP contribution in [0.1, 0.15) is 27.7 Å².